The molecule has 0 unspecified atom stereocenters. The molecule has 10 heteroatoms. The third-order valence-electron chi connectivity index (χ3n) is 3.90. The molecule has 0 aliphatic carbocycles. The van der Waals surface area contributed by atoms with Gasteiger partial charge in [0.2, 0.25) is 11.0 Å². The molecule has 1 aliphatic rings. The van der Waals surface area contributed by atoms with Crippen LogP contribution in [-0.4, -0.2) is 42.2 Å². The molecule has 0 saturated carbocycles. The van der Waals surface area contributed by atoms with Gasteiger partial charge in [-0.15, -0.1) is 10.2 Å². The molecule has 0 radical (unpaired) electrons. The molecular formula is C19H18N4O4S2. The van der Waals surface area contributed by atoms with Crippen LogP contribution in [0.5, 0.6) is 17.2 Å². The summed E-state index contributed by atoms with van der Waals surface area (Å²) in [6, 6.07) is 12.9. The Balaban J connectivity index is 1.28. The average molecular weight is 431 g/mol. The second-order valence-corrected chi connectivity index (χ2v) is 8.12. The molecule has 0 spiro atoms. The van der Waals surface area contributed by atoms with Gasteiger partial charge in [0.1, 0.15) is 19.0 Å². The SMILES string of the molecule is COc1ccc(Nc2nnc(SCC(=O)Nc3ccc4c(c3)OCCO4)s2)cc1. The van der Waals surface area contributed by atoms with E-state index in [9.17, 15) is 4.79 Å². The summed E-state index contributed by atoms with van der Waals surface area (Å²) in [6.07, 6.45) is 0. The molecule has 0 saturated heterocycles. The summed E-state index contributed by atoms with van der Waals surface area (Å²) in [7, 11) is 1.63. The number of ether oxygens (including phenoxy) is 3. The molecule has 0 fully saturated rings. The molecule has 8 nitrogen and oxygen atoms in total. The van der Waals surface area contributed by atoms with E-state index in [0.717, 1.165) is 11.4 Å². The van der Waals surface area contributed by atoms with Crippen molar-refractivity contribution in [2.45, 2.75) is 4.34 Å². The molecule has 150 valence electrons. The first-order valence-corrected chi connectivity index (χ1v) is 10.6. The number of aromatic nitrogens is 2. The minimum absolute atomic E-state index is 0.133. The van der Waals surface area contributed by atoms with Crippen LogP contribution in [0.4, 0.5) is 16.5 Å². The van der Waals surface area contributed by atoms with E-state index in [1.807, 2.05) is 24.3 Å². The van der Waals surface area contributed by atoms with Crippen LogP contribution < -0.4 is 24.8 Å². The third kappa shape index (κ3) is 5.09. The van der Waals surface area contributed by atoms with E-state index in [0.29, 0.717) is 39.9 Å². The molecule has 1 aromatic heterocycles. The molecule has 0 bridgehead atoms. The Kier molecular flexibility index (Phi) is 6.01. The van der Waals surface area contributed by atoms with Gasteiger partial charge in [-0.3, -0.25) is 4.79 Å². The van der Waals surface area contributed by atoms with Crippen molar-refractivity contribution < 1.29 is 19.0 Å². The predicted molar refractivity (Wildman–Crippen MR) is 113 cm³/mol. The van der Waals surface area contributed by atoms with Crippen molar-refractivity contribution in [2.75, 3.05) is 36.7 Å². The summed E-state index contributed by atoms with van der Waals surface area (Å²) in [5.41, 5.74) is 1.55. The number of nitrogens with zero attached hydrogens (tertiary/aromatic N) is 2. The number of amides is 1. The van der Waals surface area contributed by atoms with Gasteiger partial charge < -0.3 is 24.8 Å². The van der Waals surface area contributed by atoms with Gasteiger partial charge in [-0.05, 0) is 36.4 Å². The zero-order chi connectivity index (χ0) is 20.1. The Bertz CT molecular complexity index is 994. The van der Waals surface area contributed by atoms with E-state index in [2.05, 4.69) is 20.8 Å². The maximum absolute atomic E-state index is 12.2. The quantitative estimate of drug-likeness (QED) is 0.547. The lowest BCUT2D eigenvalue weighted by molar-refractivity contribution is -0.113. The zero-order valence-corrected chi connectivity index (χ0v) is 17.1. The highest BCUT2D eigenvalue weighted by molar-refractivity contribution is 8.01. The van der Waals surface area contributed by atoms with Crippen LogP contribution in [0.3, 0.4) is 0 Å². The molecule has 1 amide bonds. The fraction of sp³-hybridized carbons (Fsp3) is 0.211. The van der Waals surface area contributed by atoms with Gasteiger partial charge in [0, 0.05) is 17.4 Å². The highest BCUT2D eigenvalue weighted by Gasteiger charge is 2.13. The van der Waals surface area contributed by atoms with Crippen molar-refractivity contribution in [3.05, 3.63) is 42.5 Å². The number of methoxy groups -OCH3 is 1. The minimum Gasteiger partial charge on any atom is -0.497 e. The molecule has 2 aromatic carbocycles. The summed E-state index contributed by atoms with van der Waals surface area (Å²) in [5.74, 6) is 2.21. The summed E-state index contributed by atoms with van der Waals surface area (Å²) < 4.78 is 16.9. The number of hydrogen-bond donors (Lipinski definition) is 2. The Morgan fingerprint density at radius 2 is 1.86 bits per heavy atom. The number of fused-ring (bicyclic) bond motifs is 1. The van der Waals surface area contributed by atoms with E-state index in [1.54, 1.807) is 25.3 Å². The summed E-state index contributed by atoms with van der Waals surface area (Å²) >= 11 is 2.72. The van der Waals surface area contributed by atoms with Gasteiger partial charge in [0.05, 0.1) is 12.9 Å². The number of nitrogens with one attached hydrogen (secondary N) is 2. The predicted octanol–water partition coefficient (Wildman–Crippen LogP) is 3.79. The van der Waals surface area contributed by atoms with Crippen molar-refractivity contribution in [2.24, 2.45) is 0 Å². The van der Waals surface area contributed by atoms with Crippen molar-refractivity contribution in [3.63, 3.8) is 0 Å². The average Bonchev–Trinajstić information content (AvgIpc) is 3.20. The standard InChI is InChI=1S/C19H18N4O4S2/c1-25-14-5-2-12(3-6-14)21-18-22-23-19(29-18)28-11-17(24)20-13-4-7-15-16(10-13)27-9-8-26-15/h2-7,10H,8-9,11H2,1H3,(H,20,24)(H,21,22). The first kappa shape index (κ1) is 19.3. The first-order chi connectivity index (χ1) is 14.2. The normalized spacial score (nSPS) is 12.3. The number of benzene rings is 2. The lowest BCUT2D eigenvalue weighted by Gasteiger charge is -2.18. The highest BCUT2D eigenvalue weighted by Crippen LogP contribution is 2.33. The van der Waals surface area contributed by atoms with Crippen LogP contribution in [0.1, 0.15) is 0 Å². The van der Waals surface area contributed by atoms with Gasteiger partial charge in [-0.2, -0.15) is 0 Å². The number of carbonyl (C=O) groups is 1. The van der Waals surface area contributed by atoms with Crippen LogP contribution in [0.15, 0.2) is 46.8 Å². The lowest BCUT2D eigenvalue weighted by Crippen LogP contribution is -2.17. The number of anilines is 3. The maximum atomic E-state index is 12.2. The second kappa shape index (κ2) is 9.01. The van der Waals surface area contributed by atoms with Crippen molar-refractivity contribution in [3.8, 4) is 17.2 Å². The number of hydrogen-bond acceptors (Lipinski definition) is 9. The third-order valence-corrected chi connectivity index (χ3v) is 5.87. The summed E-state index contributed by atoms with van der Waals surface area (Å²) in [5, 5.41) is 14.9. The maximum Gasteiger partial charge on any atom is 0.234 e. The minimum atomic E-state index is -0.133. The smallest absolute Gasteiger partial charge is 0.234 e. The lowest BCUT2D eigenvalue weighted by atomic mass is 10.2. The summed E-state index contributed by atoms with van der Waals surface area (Å²) in [4.78, 5) is 12.2. The Morgan fingerprint density at radius 1 is 1.10 bits per heavy atom. The molecule has 1 aliphatic heterocycles. The molecule has 0 atom stereocenters. The Labute approximate surface area is 175 Å². The van der Waals surface area contributed by atoms with Crippen molar-refractivity contribution >= 4 is 45.5 Å². The van der Waals surface area contributed by atoms with Gasteiger partial charge in [0.15, 0.2) is 15.8 Å². The molecule has 2 heterocycles. The van der Waals surface area contributed by atoms with Crippen LogP contribution in [0.25, 0.3) is 0 Å². The van der Waals surface area contributed by atoms with Crippen molar-refractivity contribution in [1.82, 2.24) is 10.2 Å². The van der Waals surface area contributed by atoms with Gasteiger partial charge in [-0.25, -0.2) is 0 Å². The van der Waals surface area contributed by atoms with Crippen LogP contribution in [0, 0.1) is 0 Å². The molecule has 3 aromatic rings. The molecule has 29 heavy (non-hydrogen) atoms. The van der Waals surface area contributed by atoms with Crippen molar-refractivity contribution in [1.29, 1.82) is 0 Å². The van der Waals surface area contributed by atoms with E-state index in [1.165, 1.54) is 23.1 Å². The van der Waals surface area contributed by atoms with Gasteiger partial charge in [0.25, 0.3) is 0 Å². The fourth-order valence-electron chi connectivity index (χ4n) is 2.56. The van der Waals surface area contributed by atoms with Crippen LogP contribution in [0.2, 0.25) is 0 Å². The largest absolute Gasteiger partial charge is 0.497 e. The Morgan fingerprint density at radius 3 is 2.66 bits per heavy atom. The van der Waals surface area contributed by atoms with Gasteiger partial charge >= 0.3 is 0 Å². The second-order valence-electron chi connectivity index (χ2n) is 5.92. The van der Waals surface area contributed by atoms with Gasteiger partial charge in [-0.1, -0.05) is 23.1 Å². The summed E-state index contributed by atoms with van der Waals surface area (Å²) in [6.45, 7) is 1.04. The Hall–Kier alpha value is -2.98. The van der Waals surface area contributed by atoms with E-state index in [-0.39, 0.29) is 11.7 Å². The molecular weight excluding hydrogens is 412 g/mol. The highest BCUT2D eigenvalue weighted by atomic mass is 32.2. The number of thioether (sulfide) groups is 1. The number of carbonyl (C=O) groups excluding carboxylic acids is 1. The number of rotatable bonds is 7. The van der Waals surface area contributed by atoms with E-state index in [4.69, 9.17) is 14.2 Å². The van der Waals surface area contributed by atoms with Crippen LogP contribution in [-0.2, 0) is 4.79 Å². The zero-order valence-electron chi connectivity index (χ0n) is 15.5. The molecule has 4 rings (SSSR count). The monoisotopic (exact) mass is 430 g/mol. The molecule has 2 N–H and O–H groups in total. The fourth-order valence-corrected chi connectivity index (χ4v) is 4.13. The van der Waals surface area contributed by atoms with E-state index >= 15 is 0 Å². The van der Waals surface area contributed by atoms with E-state index < -0.39 is 0 Å². The first-order valence-electron chi connectivity index (χ1n) is 8.76. The van der Waals surface area contributed by atoms with Crippen LogP contribution >= 0.6 is 23.1 Å². The topological polar surface area (TPSA) is 94.6 Å².